The SMILES string of the molecule is CCc1nn(C)c(CC)c1CNC(=NC)N1CCN(CC(=O)NC2CC2)CC1. The Kier molecular flexibility index (Phi) is 6.93. The van der Waals surface area contributed by atoms with Crippen LogP contribution in [-0.2, 0) is 31.2 Å². The third kappa shape index (κ3) is 5.04. The van der Waals surface area contributed by atoms with Crippen LogP contribution in [-0.4, -0.2) is 77.3 Å². The number of carbonyl (C=O) groups is 1. The third-order valence-corrected chi connectivity index (χ3v) is 5.64. The summed E-state index contributed by atoms with van der Waals surface area (Å²) in [4.78, 5) is 21.0. The molecule has 28 heavy (non-hydrogen) atoms. The second-order valence-electron chi connectivity index (χ2n) is 7.71. The lowest BCUT2D eigenvalue weighted by Crippen LogP contribution is -2.54. The zero-order valence-electron chi connectivity index (χ0n) is 17.8. The van der Waals surface area contributed by atoms with Gasteiger partial charge in [-0.25, -0.2) is 0 Å². The van der Waals surface area contributed by atoms with Crippen molar-refractivity contribution < 1.29 is 4.79 Å². The molecule has 0 radical (unpaired) electrons. The molecule has 1 aromatic heterocycles. The Morgan fingerprint density at radius 3 is 2.46 bits per heavy atom. The monoisotopic (exact) mass is 389 g/mol. The minimum atomic E-state index is 0.161. The number of nitrogens with zero attached hydrogens (tertiary/aromatic N) is 5. The summed E-state index contributed by atoms with van der Waals surface area (Å²) in [5, 5.41) is 11.3. The fourth-order valence-corrected chi connectivity index (χ4v) is 3.92. The highest BCUT2D eigenvalue weighted by molar-refractivity contribution is 5.80. The van der Waals surface area contributed by atoms with E-state index in [0.29, 0.717) is 12.6 Å². The molecule has 2 heterocycles. The van der Waals surface area contributed by atoms with Crippen LogP contribution < -0.4 is 10.6 Å². The number of guanidine groups is 1. The van der Waals surface area contributed by atoms with Gasteiger partial charge in [0.2, 0.25) is 5.91 Å². The van der Waals surface area contributed by atoms with E-state index in [1.54, 1.807) is 0 Å². The molecular formula is C20H35N7O. The van der Waals surface area contributed by atoms with Gasteiger partial charge in [-0.3, -0.25) is 19.4 Å². The summed E-state index contributed by atoms with van der Waals surface area (Å²) >= 11 is 0. The summed E-state index contributed by atoms with van der Waals surface area (Å²) in [6.07, 6.45) is 4.18. The Bertz CT molecular complexity index is 700. The molecular weight excluding hydrogens is 354 g/mol. The van der Waals surface area contributed by atoms with Crippen LogP contribution in [0.5, 0.6) is 0 Å². The molecule has 3 rings (SSSR count). The highest BCUT2D eigenvalue weighted by Crippen LogP contribution is 2.18. The molecule has 1 aliphatic carbocycles. The predicted octanol–water partition coefficient (Wildman–Crippen LogP) is 0.517. The molecule has 0 spiro atoms. The minimum Gasteiger partial charge on any atom is -0.352 e. The van der Waals surface area contributed by atoms with Crippen molar-refractivity contribution in [2.45, 2.75) is 52.1 Å². The number of aromatic nitrogens is 2. The summed E-state index contributed by atoms with van der Waals surface area (Å²) in [5.41, 5.74) is 3.74. The van der Waals surface area contributed by atoms with E-state index in [1.165, 1.54) is 11.3 Å². The number of rotatable bonds is 7. The fourth-order valence-electron chi connectivity index (χ4n) is 3.92. The van der Waals surface area contributed by atoms with Crippen LogP contribution in [0.3, 0.4) is 0 Å². The summed E-state index contributed by atoms with van der Waals surface area (Å²) in [5.74, 6) is 1.09. The first kappa shape index (κ1) is 20.6. The van der Waals surface area contributed by atoms with Gasteiger partial charge in [0, 0.05) is 64.1 Å². The van der Waals surface area contributed by atoms with Gasteiger partial charge in [-0.2, -0.15) is 5.10 Å². The van der Waals surface area contributed by atoms with Gasteiger partial charge in [0.05, 0.1) is 12.2 Å². The number of hydrogen-bond donors (Lipinski definition) is 2. The number of aliphatic imine (C=N–C) groups is 1. The molecule has 0 bridgehead atoms. The number of piperazine rings is 1. The van der Waals surface area contributed by atoms with E-state index in [4.69, 9.17) is 0 Å². The van der Waals surface area contributed by atoms with E-state index in [0.717, 1.165) is 70.1 Å². The summed E-state index contributed by atoms with van der Waals surface area (Å²) < 4.78 is 2.00. The van der Waals surface area contributed by atoms with Gasteiger partial charge in [-0.05, 0) is 25.7 Å². The van der Waals surface area contributed by atoms with Crippen LogP contribution in [0, 0.1) is 0 Å². The normalized spacial score (nSPS) is 18.4. The van der Waals surface area contributed by atoms with Gasteiger partial charge >= 0.3 is 0 Å². The maximum absolute atomic E-state index is 12.0. The minimum absolute atomic E-state index is 0.161. The summed E-state index contributed by atoms with van der Waals surface area (Å²) in [6, 6.07) is 0.435. The van der Waals surface area contributed by atoms with Crippen LogP contribution in [0.1, 0.15) is 43.6 Å². The van der Waals surface area contributed by atoms with Crippen LogP contribution >= 0.6 is 0 Å². The molecule has 156 valence electrons. The molecule has 8 nitrogen and oxygen atoms in total. The van der Waals surface area contributed by atoms with Crippen molar-refractivity contribution in [2.24, 2.45) is 12.0 Å². The Morgan fingerprint density at radius 2 is 1.89 bits per heavy atom. The van der Waals surface area contributed by atoms with Gasteiger partial charge in [-0.1, -0.05) is 13.8 Å². The van der Waals surface area contributed by atoms with E-state index in [1.807, 2.05) is 18.8 Å². The molecule has 1 amide bonds. The first-order chi connectivity index (χ1) is 13.5. The van der Waals surface area contributed by atoms with Crippen LogP contribution in [0.4, 0.5) is 0 Å². The van der Waals surface area contributed by atoms with Crippen molar-refractivity contribution in [3.8, 4) is 0 Å². The van der Waals surface area contributed by atoms with E-state index < -0.39 is 0 Å². The third-order valence-electron chi connectivity index (χ3n) is 5.64. The van der Waals surface area contributed by atoms with Gasteiger partial charge in [0.25, 0.3) is 0 Å². The van der Waals surface area contributed by atoms with Crippen molar-refractivity contribution in [2.75, 3.05) is 39.8 Å². The van der Waals surface area contributed by atoms with E-state index >= 15 is 0 Å². The van der Waals surface area contributed by atoms with Crippen LogP contribution in [0.2, 0.25) is 0 Å². The lowest BCUT2D eigenvalue weighted by Gasteiger charge is -2.36. The number of hydrogen-bond acceptors (Lipinski definition) is 4. The summed E-state index contributed by atoms with van der Waals surface area (Å²) in [6.45, 7) is 9.10. The van der Waals surface area contributed by atoms with Crippen molar-refractivity contribution in [1.82, 2.24) is 30.2 Å². The van der Waals surface area contributed by atoms with Crippen LogP contribution in [0.25, 0.3) is 0 Å². The highest BCUT2D eigenvalue weighted by Gasteiger charge is 2.26. The largest absolute Gasteiger partial charge is 0.352 e. The summed E-state index contributed by atoms with van der Waals surface area (Å²) in [7, 11) is 3.86. The Morgan fingerprint density at radius 1 is 1.18 bits per heavy atom. The zero-order chi connectivity index (χ0) is 20.1. The molecule has 0 aromatic carbocycles. The average molecular weight is 390 g/mol. The van der Waals surface area contributed by atoms with Crippen molar-refractivity contribution in [1.29, 1.82) is 0 Å². The van der Waals surface area contributed by atoms with Gasteiger partial charge in [0.15, 0.2) is 5.96 Å². The molecule has 8 heteroatoms. The second-order valence-corrected chi connectivity index (χ2v) is 7.71. The Labute approximate surface area is 168 Å². The molecule has 0 atom stereocenters. The van der Waals surface area contributed by atoms with Crippen molar-refractivity contribution in [3.63, 3.8) is 0 Å². The Balaban J connectivity index is 1.50. The lowest BCUT2D eigenvalue weighted by atomic mass is 10.1. The molecule has 2 aliphatic rings. The maximum atomic E-state index is 12.0. The quantitative estimate of drug-likeness (QED) is 0.525. The lowest BCUT2D eigenvalue weighted by molar-refractivity contribution is -0.122. The number of nitrogens with one attached hydrogen (secondary N) is 2. The van der Waals surface area contributed by atoms with Gasteiger partial charge < -0.3 is 15.5 Å². The average Bonchev–Trinajstić information content (AvgIpc) is 3.44. The van der Waals surface area contributed by atoms with E-state index in [2.05, 4.69) is 44.4 Å². The molecule has 2 fully saturated rings. The second kappa shape index (κ2) is 9.41. The number of amides is 1. The van der Waals surface area contributed by atoms with E-state index in [9.17, 15) is 4.79 Å². The van der Waals surface area contributed by atoms with Crippen LogP contribution in [0.15, 0.2) is 4.99 Å². The maximum Gasteiger partial charge on any atom is 0.234 e. The standard InChI is InChI=1S/C20H35N7O/c1-5-17-16(18(6-2)25(4)24-17)13-22-20(21-3)27-11-9-26(10-12-27)14-19(28)23-15-7-8-15/h15H,5-14H2,1-4H3,(H,21,22)(H,23,28). The number of aryl methyl sites for hydroxylation is 2. The molecule has 1 saturated carbocycles. The smallest absolute Gasteiger partial charge is 0.234 e. The van der Waals surface area contributed by atoms with Crippen molar-refractivity contribution >= 4 is 11.9 Å². The van der Waals surface area contributed by atoms with E-state index in [-0.39, 0.29) is 5.91 Å². The fraction of sp³-hybridized carbons (Fsp3) is 0.750. The molecule has 2 N–H and O–H groups in total. The molecule has 1 aromatic rings. The highest BCUT2D eigenvalue weighted by atomic mass is 16.2. The predicted molar refractivity (Wildman–Crippen MR) is 111 cm³/mol. The number of carbonyl (C=O) groups excluding carboxylic acids is 1. The van der Waals surface area contributed by atoms with Crippen molar-refractivity contribution in [3.05, 3.63) is 17.0 Å². The molecule has 1 saturated heterocycles. The zero-order valence-corrected chi connectivity index (χ0v) is 17.8. The molecule has 1 aliphatic heterocycles. The van der Waals surface area contributed by atoms with Gasteiger partial charge in [-0.15, -0.1) is 0 Å². The topological polar surface area (TPSA) is 77.8 Å². The first-order valence-corrected chi connectivity index (χ1v) is 10.6. The van der Waals surface area contributed by atoms with Gasteiger partial charge in [0.1, 0.15) is 0 Å². The Hall–Kier alpha value is -2.09. The first-order valence-electron chi connectivity index (χ1n) is 10.6. The molecule has 0 unspecified atom stereocenters.